The van der Waals surface area contributed by atoms with Gasteiger partial charge in [0.25, 0.3) is 0 Å². The van der Waals surface area contributed by atoms with Gasteiger partial charge >= 0.3 is 5.97 Å². The van der Waals surface area contributed by atoms with Crippen molar-refractivity contribution in [3.63, 3.8) is 0 Å². The molecule has 2 aromatic rings. The summed E-state index contributed by atoms with van der Waals surface area (Å²) in [5.41, 5.74) is 6.02. The summed E-state index contributed by atoms with van der Waals surface area (Å²) in [7, 11) is 1.26. The fraction of sp³-hybridized carbons (Fsp3) is 0.0769. The molecule has 0 saturated heterocycles. The van der Waals surface area contributed by atoms with Crippen LogP contribution in [0.15, 0.2) is 30.5 Å². The maximum atomic E-state index is 11.5. The van der Waals surface area contributed by atoms with Crippen molar-refractivity contribution in [1.82, 2.24) is 4.98 Å². The van der Waals surface area contributed by atoms with Crippen LogP contribution in [0.4, 0.5) is 5.69 Å². The van der Waals surface area contributed by atoms with E-state index in [1.54, 1.807) is 12.1 Å². The number of carbonyl (C=O) groups is 1. The molecule has 7 heteroatoms. The smallest absolute Gasteiger partial charge is 0.340 e. The molecule has 5 nitrogen and oxygen atoms in total. The summed E-state index contributed by atoms with van der Waals surface area (Å²) in [6.45, 7) is 0. The molecule has 0 saturated carbocycles. The highest BCUT2D eigenvalue weighted by molar-refractivity contribution is 6.35. The van der Waals surface area contributed by atoms with Crippen LogP contribution < -0.4 is 10.5 Å². The molecule has 0 fully saturated rings. The molecule has 0 aliphatic carbocycles. The predicted molar refractivity (Wildman–Crippen MR) is 76.5 cm³/mol. The van der Waals surface area contributed by atoms with Crippen molar-refractivity contribution in [2.24, 2.45) is 0 Å². The van der Waals surface area contributed by atoms with Crippen molar-refractivity contribution in [3.05, 3.63) is 46.1 Å². The first kappa shape index (κ1) is 14.4. The van der Waals surface area contributed by atoms with Crippen LogP contribution in [0.3, 0.4) is 0 Å². The summed E-state index contributed by atoms with van der Waals surface area (Å²) in [4.78, 5) is 15.5. The molecule has 0 atom stereocenters. The van der Waals surface area contributed by atoms with Crippen molar-refractivity contribution < 1.29 is 14.3 Å². The summed E-state index contributed by atoms with van der Waals surface area (Å²) in [6.07, 6.45) is 1.31. The Balaban J connectivity index is 2.32. The van der Waals surface area contributed by atoms with E-state index in [2.05, 4.69) is 9.72 Å². The van der Waals surface area contributed by atoms with Gasteiger partial charge < -0.3 is 15.2 Å². The van der Waals surface area contributed by atoms with Crippen LogP contribution in [0.25, 0.3) is 0 Å². The normalized spacial score (nSPS) is 10.2. The summed E-state index contributed by atoms with van der Waals surface area (Å²) in [6, 6.07) is 6.14. The van der Waals surface area contributed by atoms with Crippen LogP contribution in [0.5, 0.6) is 11.6 Å². The lowest BCUT2D eigenvalue weighted by atomic mass is 10.2. The molecule has 2 rings (SSSR count). The van der Waals surface area contributed by atoms with Crippen LogP contribution in [0.1, 0.15) is 10.4 Å². The van der Waals surface area contributed by atoms with Crippen molar-refractivity contribution in [2.45, 2.75) is 0 Å². The highest BCUT2D eigenvalue weighted by atomic mass is 35.5. The Labute approximate surface area is 125 Å². The van der Waals surface area contributed by atoms with Crippen molar-refractivity contribution >= 4 is 34.9 Å². The van der Waals surface area contributed by atoms with E-state index < -0.39 is 5.97 Å². The number of anilines is 1. The van der Waals surface area contributed by atoms with Crippen LogP contribution in [0.2, 0.25) is 10.0 Å². The van der Waals surface area contributed by atoms with Crippen LogP contribution in [0, 0.1) is 0 Å². The molecule has 104 valence electrons. The fourth-order valence-corrected chi connectivity index (χ4v) is 1.91. The molecule has 2 N–H and O–H groups in total. The number of esters is 1. The molecule has 0 radical (unpaired) electrons. The van der Waals surface area contributed by atoms with Crippen LogP contribution >= 0.6 is 23.2 Å². The number of benzene rings is 1. The molecule has 1 aromatic heterocycles. The fourth-order valence-electron chi connectivity index (χ4n) is 1.46. The molecule has 0 amide bonds. The molecule has 0 spiro atoms. The number of ether oxygens (including phenoxy) is 2. The quantitative estimate of drug-likeness (QED) is 0.877. The van der Waals surface area contributed by atoms with Gasteiger partial charge in [-0.1, -0.05) is 23.2 Å². The SMILES string of the molecule is COC(=O)c1cc(Oc2ccc(Cl)cc2Cl)ncc1N. The third kappa shape index (κ3) is 3.12. The molecular weight excluding hydrogens is 303 g/mol. The first-order chi connectivity index (χ1) is 9.51. The second kappa shape index (κ2) is 5.98. The van der Waals surface area contributed by atoms with Gasteiger partial charge in [0.1, 0.15) is 5.75 Å². The van der Waals surface area contributed by atoms with Gasteiger partial charge in [0, 0.05) is 11.1 Å². The first-order valence-electron chi connectivity index (χ1n) is 5.48. The Bertz CT molecular complexity index is 662. The number of hydrogen-bond donors (Lipinski definition) is 1. The van der Waals surface area contributed by atoms with Gasteiger partial charge in [-0.2, -0.15) is 0 Å². The second-order valence-electron chi connectivity index (χ2n) is 3.78. The summed E-state index contributed by atoms with van der Waals surface area (Å²) in [5.74, 6) is -0.0371. The van der Waals surface area contributed by atoms with Gasteiger partial charge in [0.05, 0.1) is 29.6 Å². The zero-order valence-corrected chi connectivity index (χ0v) is 11.9. The van der Waals surface area contributed by atoms with Crippen molar-refractivity contribution in [2.75, 3.05) is 12.8 Å². The molecule has 0 bridgehead atoms. The number of aromatic nitrogens is 1. The molecule has 20 heavy (non-hydrogen) atoms. The van der Waals surface area contributed by atoms with Gasteiger partial charge in [-0.3, -0.25) is 0 Å². The third-order valence-electron chi connectivity index (χ3n) is 2.42. The minimum Gasteiger partial charge on any atom is -0.465 e. The van der Waals surface area contributed by atoms with Gasteiger partial charge in [-0.15, -0.1) is 0 Å². The van der Waals surface area contributed by atoms with Gasteiger partial charge in [-0.25, -0.2) is 9.78 Å². The highest BCUT2D eigenvalue weighted by Crippen LogP contribution is 2.31. The minimum atomic E-state index is -0.572. The number of rotatable bonds is 3. The van der Waals surface area contributed by atoms with E-state index in [0.717, 1.165) is 0 Å². The largest absolute Gasteiger partial charge is 0.465 e. The monoisotopic (exact) mass is 312 g/mol. The number of nitrogens with zero attached hydrogens (tertiary/aromatic N) is 1. The number of methoxy groups -OCH3 is 1. The lowest BCUT2D eigenvalue weighted by Crippen LogP contribution is -2.06. The molecule has 0 aliphatic rings. The number of hydrogen-bond acceptors (Lipinski definition) is 5. The molecule has 0 unspecified atom stereocenters. The Kier molecular flexibility index (Phi) is 4.32. The lowest BCUT2D eigenvalue weighted by molar-refractivity contribution is 0.0601. The Morgan fingerprint density at radius 1 is 1.30 bits per heavy atom. The third-order valence-corrected chi connectivity index (χ3v) is 2.95. The molecule has 1 aromatic carbocycles. The number of nitrogens with two attached hydrogens (primary N) is 1. The van der Waals surface area contributed by atoms with E-state index in [0.29, 0.717) is 15.8 Å². The standard InChI is InChI=1S/C13H10Cl2N2O3/c1-19-13(18)8-5-12(17-6-10(8)16)20-11-3-2-7(14)4-9(11)15/h2-6H,16H2,1H3. The minimum absolute atomic E-state index is 0.169. The predicted octanol–water partition coefficient (Wildman–Crippen LogP) is 3.55. The molecule has 1 heterocycles. The zero-order valence-electron chi connectivity index (χ0n) is 10.4. The summed E-state index contributed by atoms with van der Waals surface area (Å²) in [5, 5.41) is 0.818. The van der Waals surface area contributed by atoms with E-state index in [9.17, 15) is 4.79 Å². The van der Waals surface area contributed by atoms with Crippen molar-refractivity contribution in [1.29, 1.82) is 0 Å². The number of halogens is 2. The summed E-state index contributed by atoms with van der Waals surface area (Å²) < 4.78 is 10.1. The van der Waals surface area contributed by atoms with E-state index in [1.807, 2.05) is 0 Å². The Hall–Kier alpha value is -1.98. The lowest BCUT2D eigenvalue weighted by Gasteiger charge is -2.09. The Morgan fingerprint density at radius 2 is 2.05 bits per heavy atom. The Morgan fingerprint density at radius 3 is 2.70 bits per heavy atom. The maximum Gasteiger partial charge on any atom is 0.340 e. The summed E-state index contributed by atoms with van der Waals surface area (Å²) >= 11 is 11.8. The van der Waals surface area contributed by atoms with E-state index in [4.69, 9.17) is 33.7 Å². The number of carbonyl (C=O) groups excluding carboxylic acids is 1. The second-order valence-corrected chi connectivity index (χ2v) is 4.62. The van der Waals surface area contributed by atoms with Gasteiger partial charge in [0.15, 0.2) is 0 Å². The molecular formula is C13H10Cl2N2O3. The van der Waals surface area contributed by atoms with Gasteiger partial charge in [-0.05, 0) is 18.2 Å². The zero-order chi connectivity index (χ0) is 14.7. The molecule has 0 aliphatic heterocycles. The average Bonchev–Trinajstić information content (AvgIpc) is 2.43. The number of nitrogen functional groups attached to an aromatic ring is 1. The maximum absolute atomic E-state index is 11.5. The van der Waals surface area contributed by atoms with Crippen LogP contribution in [-0.2, 0) is 4.74 Å². The van der Waals surface area contributed by atoms with E-state index in [1.165, 1.54) is 25.4 Å². The highest BCUT2D eigenvalue weighted by Gasteiger charge is 2.13. The van der Waals surface area contributed by atoms with E-state index in [-0.39, 0.29) is 17.1 Å². The first-order valence-corrected chi connectivity index (χ1v) is 6.23. The van der Waals surface area contributed by atoms with E-state index >= 15 is 0 Å². The number of pyridine rings is 1. The van der Waals surface area contributed by atoms with Crippen molar-refractivity contribution in [3.8, 4) is 11.6 Å². The van der Waals surface area contributed by atoms with Gasteiger partial charge in [0.2, 0.25) is 5.88 Å². The topological polar surface area (TPSA) is 74.4 Å². The average molecular weight is 313 g/mol. The van der Waals surface area contributed by atoms with Crippen LogP contribution in [-0.4, -0.2) is 18.1 Å².